The van der Waals surface area contributed by atoms with Gasteiger partial charge in [-0.15, -0.1) is 16.1 Å². The number of nitrogens with two attached hydrogens (primary N) is 1. The molecule has 22 heavy (non-hydrogen) atoms. The maximum absolute atomic E-state index is 12.7. The molecule has 1 fully saturated rings. The van der Waals surface area contributed by atoms with Gasteiger partial charge in [-0.25, -0.2) is 9.59 Å². The molecule has 2 unspecified atom stereocenters. The van der Waals surface area contributed by atoms with Crippen LogP contribution in [0.15, 0.2) is 18.2 Å². The molecular formula is C13H13Cl3N3O3+. The molecule has 1 aromatic carbocycles. The number of benzene rings is 1. The van der Waals surface area contributed by atoms with Gasteiger partial charge in [0.15, 0.2) is 6.54 Å². The molecule has 1 aliphatic heterocycles. The largest absolute Gasteiger partial charge is 0.440 e. The van der Waals surface area contributed by atoms with Crippen LogP contribution in [-0.4, -0.2) is 40.9 Å². The van der Waals surface area contributed by atoms with E-state index < -0.39 is 27.8 Å². The van der Waals surface area contributed by atoms with Gasteiger partial charge in [0, 0.05) is 10.0 Å². The molecule has 2 atom stereocenters. The molecule has 0 radical (unpaired) electrons. The third kappa shape index (κ3) is 2.92. The molecule has 0 spiro atoms. The third-order valence-electron chi connectivity index (χ3n) is 3.30. The van der Waals surface area contributed by atoms with Crippen molar-refractivity contribution in [3.8, 4) is 0 Å². The Balaban J connectivity index is 2.49. The molecule has 6 nitrogen and oxygen atoms in total. The van der Waals surface area contributed by atoms with E-state index in [2.05, 4.69) is 0 Å². The first-order chi connectivity index (χ1) is 10.2. The maximum atomic E-state index is 12.7. The van der Waals surface area contributed by atoms with Gasteiger partial charge in [-0.1, -0.05) is 23.2 Å². The molecule has 0 aliphatic carbocycles. The molecule has 9 heteroatoms. The van der Waals surface area contributed by atoms with Gasteiger partial charge in [-0.3, -0.25) is 4.79 Å². The van der Waals surface area contributed by atoms with Crippen LogP contribution in [0.5, 0.6) is 0 Å². The average molecular weight is 366 g/mol. The quantitative estimate of drug-likeness (QED) is 0.508. The number of quaternary nitrogens is 1. The Morgan fingerprint density at radius 1 is 1.32 bits per heavy atom. The Labute approximate surface area is 141 Å². The predicted octanol–water partition coefficient (Wildman–Crippen LogP) is 2.98. The molecule has 0 aromatic heterocycles. The summed E-state index contributed by atoms with van der Waals surface area (Å²) in [5.74, 6) is -0.570. The summed E-state index contributed by atoms with van der Waals surface area (Å²) in [6.07, 6.45) is 0. The van der Waals surface area contributed by atoms with Crippen LogP contribution < -0.4 is 10.6 Å². The van der Waals surface area contributed by atoms with Gasteiger partial charge in [0.2, 0.25) is 0 Å². The Hall–Kier alpha value is -1.34. The van der Waals surface area contributed by atoms with E-state index in [9.17, 15) is 14.4 Å². The zero-order valence-electron chi connectivity index (χ0n) is 11.6. The van der Waals surface area contributed by atoms with Gasteiger partial charge in [0.1, 0.15) is 6.54 Å². The lowest BCUT2D eigenvalue weighted by Gasteiger charge is -2.25. The molecule has 1 aromatic rings. The zero-order chi connectivity index (χ0) is 16.7. The van der Waals surface area contributed by atoms with Gasteiger partial charge >= 0.3 is 12.1 Å². The lowest BCUT2D eigenvalue weighted by Crippen LogP contribution is -2.60. The lowest BCUT2D eigenvalue weighted by molar-refractivity contribution is -0.750. The van der Waals surface area contributed by atoms with Gasteiger partial charge in [-0.2, -0.15) is 4.90 Å². The van der Waals surface area contributed by atoms with E-state index in [1.54, 1.807) is 6.92 Å². The van der Waals surface area contributed by atoms with Crippen LogP contribution in [0.3, 0.4) is 0 Å². The summed E-state index contributed by atoms with van der Waals surface area (Å²) in [6.45, 7) is 1.16. The standard InChI is InChI=1S/C13H12Cl3N3O3/c1-7(14)5-19(12(17)21)6-11(20)18(13(19)22)10-3-8(15)2-9(16)4-10/h2-4,7H,5-6H2,1H3,(H-,17,21)/p+1. The number of hydrogen-bond acceptors (Lipinski definition) is 3. The van der Waals surface area contributed by atoms with Crippen LogP contribution >= 0.6 is 34.8 Å². The summed E-state index contributed by atoms with van der Waals surface area (Å²) in [5, 5.41) is 0.00271. The fraction of sp³-hybridized carbons (Fsp3) is 0.308. The van der Waals surface area contributed by atoms with Crippen molar-refractivity contribution in [2.24, 2.45) is 5.73 Å². The molecule has 118 valence electrons. The third-order valence-corrected chi connectivity index (χ3v) is 3.88. The second kappa shape index (κ2) is 6.04. The summed E-state index contributed by atoms with van der Waals surface area (Å²) in [7, 11) is 0. The maximum Gasteiger partial charge on any atom is 0.440 e. The van der Waals surface area contributed by atoms with Crippen molar-refractivity contribution in [3.05, 3.63) is 28.2 Å². The van der Waals surface area contributed by atoms with Crippen LogP contribution in [0.1, 0.15) is 6.92 Å². The lowest BCUT2D eigenvalue weighted by atomic mass is 10.3. The first kappa shape index (κ1) is 17.0. The number of rotatable bonds is 3. The van der Waals surface area contributed by atoms with E-state index in [-0.39, 0.29) is 28.8 Å². The van der Waals surface area contributed by atoms with Crippen LogP contribution in [0.2, 0.25) is 10.0 Å². The second-order valence-electron chi connectivity index (χ2n) is 5.07. The van der Waals surface area contributed by atoms with Crippen molar-refractivity contribution >= 4 is 58.5 Å². The highest BCUT2D eigenvalue weighted by Gasteiger charge is 2.57. The summed E-state index contributed by atoms with van der Waals surface area (Å²) >= 11 is 17.7. The van der Waals surface area contributed by atoms with E-state index in [0.717, 1.165) is 4.90 Å². The number of imide groups is 2. The summed E-state index contributed by atoms with van der Waals surface area (Å²) in [4.78, 5) is 37.6. The highest BCUT2D eigenvalue weighted by Crippen LogP contribution is 2.31. The second-order valence-corrected chi connectivity index (χ2v) is 6.68. The SMILES string of the molecule is CC(Cl)C[N+]1(C(N)=O)CC(=O)N(c2cc(Cl)cc(Cl)c2)C1=O. The fourth-order valence-corrected chi connectivity index (χ4v) is 3.17. The van der Waals surface area contributed by atoms with E-state index in [1.807, 2.05) is 0 Å². The van der Waals surface area contributed by atoms with Crippen LogP contribution in [0.4, 0.5) is 15.3 Å². The topological polar surface area (TPSA) is 80.5 Å². The summed E-state index contributed by atoms with van der Waals surface area (Å²) in [6, 6.07) is 2.60. The number of anilines is 1. The molecule has 1 saturated heterocycles. The molecular weight excluding hydrogens is 353 g/mol. The normalized spacial score (nSPS) is 23.0. The summed E-state index contributed by atoms with van der Waals surface area (Å²) in [5.41, 5.74) is 5.55. The fourth-order valence-electron chi connectivity index (χ4n) is 2.42. The first-order valence-corrected chi connectivity index (χ1v) is 7.51. The number of amides is 5. The molecule has 0 saturated carbocycles. The van der Waals surface area contributed by atoms with Crippen molar-refractivity contribution in [3.63, 3.8) is 0 Å². The zero-order valence-corrected chi connectivity index (χ0v) is 13.8. The number of urea groups is 2. The monoisotopic (exact) mass is 364 g/mol. The Morgan fingerprint density at radius 3 is 2.32 bits per heavy atom. The van der Waals surface area contributed by atoms with Gasteiger partial charge in [-0.05, 0) is 25.1 Å². The number of alkyl halides is 1. The van der Waals surface area contributed by atoms with Gasteiger partial charge in [0.05, 0.1) is 11.1 Å². The number of hydrogen-bond donors (Lipinski definition) is 1. The highest BCUT2D eigenvalue weighted by molar-refractivity contribution is 6.35. The molecule has 1 aliphatic rings. The van der Waals surface area contributed by atoms with Crippen molar-refractivity contribution in [2.75, 3.05) is 18.0 Å². The molecule has 5 amide bonds. The summed E-state index contributed by atoms with van der Waals surface area (Å²) < 4.78 is -0.854. The van der Waals surface area contributed by atoms with Gasteiger partial charge in [0.25, 0.3) is 5.91 Å². The Bertz CT molecular complexity index is 645. The number of nitrogens with zero attached hydrogens (tertiary/aromatic N) is 2. The molecule has 1 heterocycles. The van der Waals surface area contributed by atoms with Gasteiger partial charge < -0.3 is 5.73 Å². The van der Waals surface area contributed by atoms with Crippen molar-refractivity contribution in [1.82, 2.24) is 0 Å². The smallest absolute Gasteiger partial charge is 0.318 e. The van der Waals surface area contributed by atoms with E-state index in [1.165, 1.54) is 18.2 Å². The molecule has 2 N–H and O–H groups in total. The highest BCUT2D eigenvalue weighted by atomic mass is 35.5. The molecule has 2 rings (SSSR count). The number of carbonyl (C=O) groups excluding carboxylic acids is 3. The predicted molar refractivity (Wildman–Crippen MR) is 84.2 cm³/mol. The Kier molecular flexibility index (Phi) is 4.67. The van der Waals surface area contributed by atoms with E-state index in [0.29, 0.717) is 0 Å². The minimum Gasteiger partial charge on any atom is -0.318 e. The van der Waals surface area contributed by atoms with Crippen molar-refractivity contribution in [1.29, 1.82) is 0 Å². The average Bonchev–Trinajstić information content (AvgIpc) is 2.59. The first-order valence-electron chi connectivity index (χ1n) is 6.32. The van der Waals surface area contributed by atoms with Crippen LogP contribution in [0.25, 0.3) is 0 Å². The van der Waals surface area contributed by atoms with E-state index >= 15 is 0 Å². The number of primary amides is 1. The minimum absolute atomic E-state index is 0.0771. The molecule has 0 bridgehead atoms. The van der Waals surface area contributed by atoms with Crippen molar-refractivity contribution in [2.45, 2.75) is 12.3 Å². The Morgan fingerprint density at radius 2 is 1.86 bits per heavy atom. The number of carbonyl (C=O) groups is 3. The number of halogens is 3. The van der Waals surface area contributed by atoms with E-state index in [4.69, 9.17) is 40.5 Å². The van der Waals surface area contributed by atoms with Crippen molar-refractivity contribution < 1.29 is 18.9 Å². The van der Waals surface area contributed by atoms with Crippen LogP contribution in [-0.2, 0) is 4.79 Å². The minimum atomic E-state index is -0.929. The van der Waals surface area contributed by atoms with Crippen LogP contribution in [0, 0.1) is 0 Å².